The largest absolute Gasteiger partial charge is 0.493 e. The first-order valence-corrected chi connectivity index (χ1v) is 7.48. The van der Waals surface area contributed by atoms with Crippen LogP contribution in [0.1, 0.15) is 17.5 Å². The fourth-order valence-corrected chi connectivity index (χ4v) is 3.18. The van der Waals surface area contributed by atoms with Crippen LogP contribution in [0.2, 0.25) is 10.0 Å². The van der Waals surface area contributed by atoms with Crippen molar-refractivity contribution in [1.82, 2.24) is 0 Å². The van der Waals surface area contributed by atoms with Crippen LogP contribution in [0, 0.1) is 11.3 Å². The predicted molar refractivity (Wildman–Crippen MR) is 84.0 cm³/mol. The summed E-state index contributed by atoms with van der Waals surface area (Å²) in [5, 5.41) is 11.1. The number of ether oxygens (including phenoxy) is 1. The number of hydrogen-bond donors (Lipinski definition) is 0. The Morgan fingerprint density at radius 2 is 2.00 bits per heavy atom. The monoisotopic (exact) mass is 317 g/mol. The van der Waals surface area contributed by atoms with Gasteiger partial charge < -0.3 is 4.74 Å². The SMILES string of the molecule is N#CC1(Cc2cc(Cl)ccc2Cl)CCOc2ccccc21. The van der Waals surface area contributed by atoms with Crippen molar-refractivity contribution in [2.24, 2.45) is 0 Å². The highest BCUT2D eigenvalue weighted by molar-refractivity contribution is 6.33. The van der Waals surface area contributed by atoms with Crippen LogP contribution in [0.5, 0.6) is 5.75 Å². The molecule has 0 bridgehead atoms. The fraction of sp³-hybridized carbons (Fsp3) is 0.235. The second kappa shape index (κ2) is 5.60. The molecule has 1 unspecified atom stereocenters. The van der Waals surface area contributed by atoms with Crippen molar-refractivity contribution >= 4 is 23.2 Å². The summed E-state index contributed by atoms with van der Waals surface area (Å²) in [7, 11) is 0. The van der Waals surface area contributed by atoms with Crippen LogP contribution in [0.15, 0.2) is 42.5 Å². The van der Waals surface area contributed by atoms with Gasteiger partial charge in [-0.1, -0.05) is 41.4 Å². The molecule has 4 heteroatoms. The summed E-state index contributed by atoms with van der Waals surface area (Å²) in [6, 6.07) is 15.6. The maximum absolute atomic E-state index is 9.83. The molecule has 1 aliphatic rings. The minimum atomic E-state index is -0.622. The van der Waals surface area contributed by atoms with Crippen molar-refractivity contribution in [1.29, 1.82) is 5.26 Å². The lowest BCUT2D eigenvalue weighted by Crippen LogP contribution is -2.33. The third-order valence-corrected chi connectivity index (χ3v) is 4.51. The molecule has 0 saturated heterocycles. The van der Waals surface area contributed by atoms with Crippen molar-refractivity contribution in [3.05, 3.63) is 63.6 Å². The van der Waals surface area contributed by atoms with Gasteiger partial charge in [-0.3, -0.25) is 0 Å². The number of fused-ring (bicyclic) bond motifs is 1. The average molecular weight is 318 g/mol. The Hall–Kier alpha value is -1.69. The third-order valence-electron chi connectivity index (χ3n) is 3.90. The molecule has 1 aliphatic heterocycles. The first-order valence-electron chi connectivity index (χ1n) is 6.72. The smallest absolute Gasteiger partial charge is 0.124 e. The van der Waals surface area contributed by atoms with E-state index < -0.39 is 5.41 Å². The van der Waals surface area contributed by atoms with E-state index in [1.807, 2.05) is 30.3 Å². The third kappa shape index (κ3) is 2.60. The van der Waals surface area contributed by atoms with E-state index in [0.717, 1.165) is 16.9 Å². The lowest BCUT2D eigenvalue weighted by molar-refractivity contribution is 0.241. The van der Waals surface area contributed by atoms with Crippen molar-refractivity contribution in [3.63, 3.8) is 0 Å². The van der Waals surface area contributed by atoms with Crippen LogP contribution < -0.4 is 4.74 Å². The molecule has 21 heavy (non-hydrogen) atoms. The van der Waals surface area contributed by atoms with Gasteiger partial charge in [0, 0.05) is 22.0 Å². The van der Waals surface area contributed by atoms with Crippen LogP contribution in [0.3, 0.4) is 0 Å². The molecule has 0 N–H and O–H groups in total. The minimum Gasteiger partial charge on any atom is -0.493 e. The molecule has 106 valence electrons. The number of hydrogen-bond acceptors (Lipinski definition) is 2. The maximum Gasteiger partial charge on any atom is 0.124 e. The van der Waals surface area contributed by atoms with Gasteiger partial charge in [-0.15, -0.1) is 0 Å². The Balaban J connectivity index is 2.07. The van der Waals surface area contributed by atoms with Gasteiger partial charge in [0.25, 0.3) is 0 Å². The van der Waals surface area contributed by atoms with E-state index in [9.17, 15) is 5.26 Å². The van der Waals surface area contributed by atoms with Crippen LogP contribution in [0.4, 0.5) is 0 Å². The molecule has 0 radical (unpaired) electrons. The van der Waals surface area contributed by atoms with Crippen molar-refractivity contribution in [2.75, 3.05) is 6.61 Å². The number of nitriles is 1. The lowest BCUT2D eigenvalue weighted by atomic mass is 9.73. The van der Waals surface area contributed by atoms with Crippen molar-refractivity contribution in [3.8, 4) is 11.8 Å². The van der Waals surface area contributed by atoms with E-state index in [1.165, 1.54) is 0 Å². The fourth-order valence-electron chi connectivity index (χ4n) is 2.80. The lowest BCUT2D eigenvalue weighted by Gasteiger charge is -2.33. The molecular formula is C17H13Cl2NO. The first kappa shape index (κ1) is 14.3. The van der Waals surface area contributed by atoms with Gasteiger partial charge >= 0.3 is 0 Å². The molecule has 0 spiro atoms. The van der Waals surface area contributed by atoms with E-state index in [4.69, 9.17) is 27.9 Å². The summed E-state index contributed by atoms with van der Waals surface area (Å²) in [5.74, 6) is 0.781. The zero-order valence-electron chi connectivity index (χ0n) is 11.3. The minimum absolute atomic E-state index is 0.531. The summed E-state index contributed by atoms with van der Waals surface area (Å²) in [6.07, 6.45) is 1.17. The summed E-state index contributed by atoms with van der Waals surface area (Å²) in [6.45, 7) is 0.531. The highest BCUT2D eigenvalue weighted by atomic mass is 35.5. The number of para-hydroxylation sites is 1. The van der Waals surface area contributed by atoms with E-state index in [-0.39, 0.29) is 0 Å². The summed E-state index contributed by atoms with van der Waals surface area (Å²) >= 11 is 12.3. The first-order chi connectivity index (χ1) is 10.1. The van der Waals surface area contributed by atoms with E-state index in [1.54, 1.807) is 12.1 Å². The molecule has 1 atom stereocenters. The topological polar surface area (TPSA) is 33.0 Å². The summed E-state index contributed by atoms with van der Waals surface area (Å²) < 4.78 is 5.66. The Morgan fingerprint density at radius 3 is 2.81 bits per heavy atom. The van der Waals surface area contributed by atoms with Gasteiger partial charge in [-0.25, -0.2) is 0 Å². The highest BCUT2D eigenvalue weighted by Crippen LogP contribution is 2.41. The average Bonchev–Trinajstić information content (AvgIpc) is 2.51. The Morgan fingerprint density at radius 1 is 1.19 bits per heavy atom. The van der Waals surface area contributed by atoms with Gasteiger partial charge in [0.1, 0.15) is 5.75 Å². The molecule has 0 amide bonds. The van der Waals surface area contributed by atoms with Gasteiger partial charge in [0.15, 0.2) is 0 Å². The van der Waals surface area contributed by atoms with Crippen LogP contribution in [0.25, 0.3) is 0 Å². The van der Waals surface area contributed by atoms with Gasteiger partial charge in [-0.05, 0) is 36.2 Å². The predicted octanol–water partition coefficient (Wildman–Crippen LogP) is 4.78. The zero-order chi connectivity index (χ0) is 14.9. The molecule has 3 rings (SSSR count). The number of nitrogens with zero attached hydrogens (tertiary/aromatic N) is 1. The molecule has 0 fully saturated rings. The van der Waals surface area contributed by atoms with E-state index >= 15 is 0 Å². The Kier molecular flexibility index (Phi) is 3.80. The quantitative estimate of drug-likeness (QED) is 0.798. The number of rotatable bonds is 2. The Bertz CT molecular complexity index is 723. The zero-order valence-corrected chi connectivity index (χ0v) is 12.8. The summed E-state index contributed by atoms with van der Waals surface area (Å²) in [4.78, 5) is 0. The van der Waals surface area contributed by atoms with E-state index in [2.05, 4.69) is 6.07 Å². The van der Waals surface area contributed by atoms with Crippen LogP contribution in [-0.4, -0.2) is 6.61 Å². The molecule has 2 aromatic carbocycles. The Labute approximate surface area is 133 Å². The van der Waals surface area contributed by atoms with Crippen LogP contribution >= 0.6 is 23.2 Å². The molecule has 1 heterocycles. The maximum atomic E-state index is 9.83. The van der Waals surface area contributed by atoms with Gasteiger partial charge in [0.2, 0.25) is 0 Å². The highest BCUT2D eigenvalue weighted by Gasteiger charge is 2.38. The molecule has 2 nitrogen and oxygen atoms in total. The second-order valence-corrected chi connectivity index (χ2v) is 6.04. The molecule has 0 aromatic heterocycles. The van der Waals surface area contributed by atoms with Gasteiger partial charge in [0.05, 0.1) is 18.1 Å². The van der Waals surface area contributed by atoms with Crippen molar-refractivity contribution in [2.45, 2.75) is 18.3 Å². The summed E-state index contributed by atoms with van der Waals surface area (Å²) in [5.41, 5.74) is 1.20. The van der Waals surface area contributed by atoms with Gasteiger partial charge in [-0.2, -0.15) is 5.26 Å². The molecule has 0 saturated carbocycles. The normalized spacial score (nSPS) is 20.2. The van der Waals surface area contributed by atoms with E-state index in [0.29, 0.717) is 29.5 Å². The number of halogens is 2. The number of benzene rings is 2. The molecule has 2 aromatic rings. The van der Waals surface area contributed by atoms with Crippen molar-refractivity contribution < 1.29 is 4.74 Å². The molecular weight excluding hydrogens is 305 g/mol. The standard InChI is InChI=1S/C17H13Cl2NO/c18-13-5-6-15(19)12(9-13)10-17(11-20)7-8-21-16-4-2-1-3-14(16)17/h1-6,9H,7-8,10H2. The molecule has 0 aliphatic carbocycles. The van der Waals surface area contributed by atoms with Crippen LogP contribution in [-0.2, 0) is 11.8 Å². The second-order valence-electron chi connectivity index (χ2n) is 5.20.